The van der Waals surface area contributed by atoms with Crippen molar-refractivity contribution < 1.29 is 47.7 Å². The smallest absolute Gasteiger partial charge is 0.339 e. The molecular formula is C35H35N3O10. The fourth-order valence-corrected chi connectivity index (χ4v) is 4.80. The standard InChI is InChI=1S/C35H35N3O10/c1-5-47-31(40)21-36(22-32(41)48-6-2)25-11-7-23(8-12-25)19-29-33(42)37(20-30(39)24-9-15-27(45-3)16-10-24)35(44)38(34(29)43)26-13-17-28(46-4)18-14-26/h7-19H,5-6,20-22H2,1-4H3/b29-19-. The molecule has 1 aliphatic heterocycles. The number of hydrogen-bond acceptors (Lipinski definition) is 11. The van der Waals surface area contributed by atoms with Gasteiger partial charge in [-0.2, -0.15) is 0 Å². The normalized spacial score (nSPS) is 13.8. The van der Waals surface area contributed by atoms with Gasteiger partial charge in [-0.05, 0) is 86.2 Å². The van der Waals surface area contributed by atoms with Crippen LogP contribution in [0.1, 0.15) is 29.8 Å². The number of carbonyl (C=O) groups is 6. The molecule has 1 aliphatic rings. The Morgan fingerprint density at radius 1 is 0.708 bits per heavy atom. The second-order valence-electron chi connectivity index (χ2n) is 10.3. The van der Waals surface area contributed by atoms with Crippen LogP contribution in [0.4, 0.5) is 16.2 Å². The number of amides is 4. The number of barbiturate groups is 1. The van der Waals surface area contributed by atoms with Crippen molar-refractivity contribution >= 4 is 53.0 Å². The molecule has 3 aromatic carbocycles. The number of anilines is 2. The first-order valence-corrected chi connectivity index (χ1v) is 15.0. The van der Waals surface area contributed by atoms with E-state index in [2.05, 4.69) is 0 Å². The van der Waals surface area contributed by atoms with Gasteiger partial charge in [0.1, 0.15) is 30.2 Å². The monoisotopic (exact) mass is 657 g/mol. The first-order chi connectivity index (χ1) is 23.1. The number of methoxy groups -OCH3 is 2. The number of urea groups is 1. The van der Waals surface area contributed by atoms with E-state index in [-0.39, 0.29) is 43.1 Å². The molecule has 0 radical (unpaired) electrons. The zero-order chi connectivity index (χ0) is 34.8. The van der Waals surface area contributed by atoms with Gasteiger partial charge in [-0.15, -0.1) is 0 Å². The van der Waals surface area contributed by atoms with Gasteiger partial charge in [-0.25, -0.2) is 9.69 Å². The van der Waals surface area contributed by atoms with E-state index in [0.717, 1.165) is 9.80 Å². The number of nitrogens with zero attached hydrogens (tertiary/aromatic N) is 3. The lowest BCUT2D eigenvalue weighted by Gasteiger charge is -2.33. The summed E-state index contributed by atoms with van der Waals surface area (Å²) in [6, 6.07) is 17.6. The molecule has 13 heteroatoms. The van der Waals surface area contributed by atoms with E-state index >= 15 is 0 Å². The van der Waals surface area contributed by atoms with Crippen LogP contribution in [0.25, 0.3) is 6.08 Å². The van der Waals surface area contributed by atoms with Crippen LogP contribution in [0, 0.1) is 0 Å². The number of rotatable bonds is 14. The summed E-state index contributed by atoms with van der Waals surface area (Å²) in [5.41, 5.74) is 0.903. The molecule has 4 amide bonds. The molecule has 4 rings (SSSR count). The van der Waals surface area contributed by atoms with Crippen LogP contribution in [0.5, 0.6) is 11.5 Å². The maximum atomic E-state index is 13.8. The predicted molar refractivity (Wildman–Crippen MR) is 175 cm³/mol. The Hall–Kier alpha value is -5.98. The molecule has 1 fully saturated rings. The Bertz CT molecular complexity index is 1680. The minimum atomic E-state index is -0.988. The van der Waals surface area contributed by atoms with Crippen LogP contribution >= 0.6 is 0 Å². The lowest BCUT2D eigenvalue weighted by atomic mass is 10.0. The molecule has 48 heavy (non-hydrogen) atoms. The van der Waals surface area contributed by atoms with Crippen molar-refractivity contribution in [1.29, 1.82) is 0 Å². The van der Waals surface area contributed by atoms with Gasteiger partial charge in [0.15, 0.2) is 5.78 Å². The van der Waals surface area contributed by atoms with Gasteiger partial charge in [0.2, 0.25) is 0 Å². The Morgan fingerprint density at radius 3 is 1.73 bits per heavy atom. The minimum Gasteiger partial charge on any atom is -0.497 e. The summed E-state index contributed by atoms with van der Waals surface area (Å²) in [6.45, 7) is 2.60. The quantitative estimate of drug-likeness (QED) is 0.108. The molecule has 0 saturated carbocycles. The van der Waals surface area contributed by atoms with Crippen molar-refractivity contribution in [1.82, 2.24) is 4.90 Å². The van der Waals surface area contributed by atoms with Gasteiger partial charge in [0.25, 0.3) is 11.8 Å². The summed E-state index contributed by atoms with van der Waals surface area (Å²) >= 11 is 0. The van der Waals surface area contributed by atoms with Crippen molar-refractivity contribution in [3.8, 4) is 11.5 Å². The van der Waals surface area contributed by atoms with Gasteiger partial charge < -0.3 is 23.8 Å². The van der Waals surface area contributed by atoms with Crippen LogP contribution in [-0.4, -0.2) is 87.5 Å². The summed E-state index contributed by atoms with van der Waals surface area (Å²) in [5.74, 6) is -2.46. The molecule has 0 N–H and O–H groups in total. The SMILES string of the molecule is CCOC(=O)CN(CC(=O)OCC)c1ccc(/C=C2/C(=O)N(CC(=O)c3ccc(OC)cc3)C(=O)N(c3ccc(OC)cc3)C2=O)cc1. The molecule has 13 nitrogen and oxygen atoms in total. The van der Waals surface area contributed by atoms with Crippen LogP contribution in [0.2, 0.25) is 0 Å². The van der Waals surface area contributed by atoms with Gasteiger partial charge >= 0.3 is 18.0 Å². The molecule has 0 atom stereocenters. The molecule has 3 aromatic rings. The zero-order valence-electron chi connectivity index (χ0n) is 27.0. The second-order valence-corrected chi connectivity index (χ2v) is 10.3. The van der Waals surface area contributed by atoms with E-state index in [1.165, 1.54) is 49.5 Å². The number of esters is 2. The maximum absolute atomic E-state index is 13.8. The van der Waals surface area contributed by atoms with E-state index in [4.69, 9.17) is 18.9 Å². The molecule has 0 aromatic heterocycles. The molecule has 1 saturated heterocycles. The number of benzene rings is 3. The Morgan fingerprint density at radius 2 is 1.23 bits per heavy atom. The average molecular weight is 658 g/mol. The topological polar surface area (TPSA) is 149 Å². The number of ether oxygens (including phenoxy) is 4. The van der Waals surface area contributed by atoms with E-state index < -0.39 is 42.1 Å². The first-order valence-electron chi connectivity index (χ1n) is 15.0. The van der Waals surface area contributed by atoms with Crippen LogP contribution in [-0.2, 0) is 28.7 Å². The van der Waals surface area contributed by atoms with Gasteiger partial charge in [-0.1, -0.05) is 12.1 Å². The number of carbonyl (C=O) groups excluding carboxylic acids is 6. The van der Waals surface area contributed by atoms with E-state index in [0.29, 0.717) is 22.7 Å². The molecule has 1 heterocycles. The summed E-state index contributed by atoms with van der Waals surface area (Å²) in [7, 11) is 2.95. The number of imide groups is 2. The Kier molecular flexibility index (Phi) is 11.6. The third kappa shape index (κ3) is 8.23. The van der Waals surface area contributed by atoms with Crippen LogP contribution in [0.3, 0.4) is 0 Å². The molecule has 250 valence electrons. The lowest BCUT2D eigenvalue weighted by Crippen LogP contribution is -2.57. The molecule has 0 spiro atoms. The number of Topliss-reactive ketones (excluding diaryl/α,β-unsaturated/α-hetero) is 1. The van der Waals surface area contributed by atoms with Gasteiger partial charge in [0.05, 0.1) is 39.7 Å². The first kappa shape index (κ1) is 34.9. The predicted octanol–water partition coefficient (Wildman–Crippen LogP) is 3.90. The fraction of sp³-hybridized carbons (Fsp3) is 0.257. The van der Waals surface area contributed by atoms with Gasteiger partial charge in [-0.3, -0.25) is 28.9 Å². The van der Waals surface area contributed by atoms with E-state index in [1.807, 2.05) is 0 Å². The van der Waals surface area contributed by atoms with Crippen molar-refractivity contribution in [2.75, 3.05) is 56.9 Å². The van der Waals surface area contributed by atoms with Crippen LogP contribution in [0.15, 0.2) is 78.4 Å². The van der Waals surface area contributed by atoms with Crippen molar-refractivity contribution in [3.05, 3.63) is 89.5 Å². The maximum Gasteiger partial charge on any atom is 0.339 e. The number of ketones is 1. The summed E-state index contributed by atoms with van der Waals surface area (Å²) in [4.78, 5) is 81.8. The highest BCUT2D eigenvalue weighted by molar-refractivity contribution is 6.39. The van der Waals surface area contributed by atoms with E-state index in [1.54, 1.807) is 62.4 Å². The molecule has 0 bridgehead atoms. The summed E-state index contributed by atoms with van der Waals surface area (Å²) < 4.78 is 20.4. The molecule has 0 unspecified atom stereocenters. The van der Waals surface area contributed by atoms with E-state index in [9.17, 15) is 28.8 Å². The Balaban J connectivity index is 1.68. The number of hydrogen-bond donors (Lipinski definition) is 0. The van der Waals surface area contributed by atoms with Crippen molar-refractivity contribution in [2.24, 2.45) is 0 Å². The third-order valence-corrected chi connectivity index (χ3v) is 7.20. The summed E-state index contributed by atoms with van der Waals surface area (Å²) in [5, 5.41) is 0. The van der Waals surface area contributed by atoms with Gasteiger partial charge in [0, 0.05) is 11.3 Å². The fourth-order valence-electron chi connectivity index (χ4n) is 4.80. The van der Waals surface area contributed by atoms with Crippen LogP contribution < -0.4 is 19.3 Å². The zero-order valence-corrected chi connectivity index (χ0v) is 27.0. The summed E-state index contributed by atoms with van der Waals surface area (Å²) in [6.07, 6.45) is 1.31. The van der Waals surface area contributed by atoms with Crippen molar-refractivity contribution in [3.63, 3.8) is 0 Å². The largest absolute Gasteiger partial charge is 0.497 e. The average Bonchev–Trinajstić information content (AvgIpc) is 3.09. The third-order valence-electron chi connectivity index (χ3n) is 7.20. The minimum absolute atomic E-state index is 0.162. The lowest BCUT2D eigenvalue weighted by molar-refractivity contribution is -0.142. The molecular weight excluding hydrogens is 622 g/mol. The van der Waals surface area contributed by atoms with Crippen molar-refractivity contribution in [2.45, 2.75) is 13.8 Å². The highest BCUT2D eigenvalue weighted by Crippen LogP contribution is 2.28. The highest BCUT2D eigenvalue weighted by atomic mass is 16.5. The highest BCUT2D eigenvalue weighted by Gasteiger charge is 2.43. The Labute approximate surface area is 277 Å². The molecule has 0 aliphatic carbocycles. The second kappa shape index (κ2) is 16.0.